The predicted molar refractivity (Wildman–Crippen MR) is 83.2 cm³/mol. The molecule has 0 aliphatic heterocycles. The van der Waals surface area contributed by atoms with Gasteiger partial charge in [0, 0.05) is 13.2 Å². The van der Waals surface area contributed by atoms with Gasteiger partial charge >= 0.3 is 5.97 Å². The highest BCUT2D eigenvalue weighted by atomic mass is 16.5. The number of hydrogen-bond acceptors (Lipinski definition) is 5. The van der Waals surface area contributed by atoms with E-state index in [1.54, 1.807) is 14.0 Å². The molecule has 2 aromatic heterocycles. The molecule has 1 amide bonds. The molecule has 8 nitrogen and oxygen atoms in total. The van der Waals surface area contributed by atoms with Crippen molar-refractivity contribution in [1.82, 2.24) is 19.5 Å². The van der Waals surface area contributed by atoms with E-state index in [1.807, 2.05) is 24.3 Å². The molecule has 1 aromatic carbocycles. The number of H-pyrrole nitrogens is 1. The lowest BCUT2D eigenvalue weighted by Gasteiger charge is -1.99. The number of carbonyl (C=O) groups excluding carboxylic acids is 2. The van der Waals surface area contributed by atoms with Gasteiger partial charge in [-0.15, -0.1) is 0 Å². The molecule has 3 aromatic rings. The molecule has 0 unspecified atom stereocenters. The van der Waals surface area contributed by atoms with Crippen LogP contribution in [0.2, 0.25) is 0 Å². The van der Waals surface area contributed by atoms with Gasteiger partial charge in [0.05, 0.1) is 17.6 Å². The minimum atomic E-state index is -0.542. The molecule has 0 aliphatic carbocycles. The second-order valence-electron chi connectivity index (χ2n) is 4.84. The summed E-state index contributed by atoms with van der Waals surface area (Å²) in [4.78, 5) is 35.1. The van der Waals surface area contributed by atoms with Crippen molar-refractivity contribution < 1.29 is 14.3 Å². The molecule has 23 heavy (non-hydrogen) atoms. The summed E-state index contributed by atoms with van der Waals surface area (Å²) in [5.74, 6) is -0.434. The maximum Gasteiger partial charge on any atom is 0.374 e. The van der Waals surface area contributed by atoms with Crippen molar-refractivity contribution in [3.8, 4) is 0 Å². The van der Waals surface area contributed by atoms with Gasteiger partial charge in [0.15, 0.2) is 11.6 Å². The molecule has 0 fully saturated rings. The molecule has 3 rings (SSSR count). The van der Waals surface area contributed by atoms with Crippen molar-refractivity contribution >= 4 is 28.7 Å². The summed E-state index contributed by atoms with van der Waals surface area (Å²) >= 11 is 0. The molecule has 0 bridgehead atoms. The SMILES string of the molecule is CCOC(=O)c1nc(NC(=O)c2nc3ccccc3[nH]2)cn1C. The lowest BCUT2D eigenvalue weighted by atomic mass is 10.3. The van der Waals surface area contributed by atoms with Crippen LogP contribution in [-0.4, -0.2) is 38.0 Å². The molecule has 0 spiro atoms. The number of nitrogens with one attached hydrogen (secondary N) is 2. The van der Waals surface area contributed by atoms with Gasteiger partial charge in [0.25, 0.3) is 5.91 Å². The molecular formula is C15H15N5O3. The Bertz CT molecular complexity index is 847. The van der Waals surface area contributed by atoms with Crippen LogP contribution >= 0.6 is 0 Å². The van der Waals surface area contributed by atoms with Crippen LogP contribution in [0.5, 0.6) is 0 Å². The summed E-state index contributed by atoms with van der Waals surface area (Å²) in [6, 6.07) is 7.34. The largest absolute Gasteiger partial charge is 0.460 e. The van der Waals surface area contributed by atoms with E-state index in [1.165, 1.54) is 10.8 Å². The number of fused-ring (bicyclic) bond motifs is 1. The van der Waals surface area contributed by atoms with Gasteiger partial charge < -0.3 is 19.6 Å². The van der Waals surface area contributed by atoms with E-state index >= 15 is 0 Å². The third-order valence-corrected chi connectivity index (χ3v) is 3.18. The van der Waals surface area contributed by atoms with Crippen molar-refractivity contribution in [1.29, 1.82) is 0 Å². The summed E-state index contributed by atoms with van der Waals surface area (Å²) in [5, 5.41) is 2.60. The smallest absolute Gasteiger partial charge is 0.374 e. The van der Waals surface area contributed by atoms with Crippen molar-refractivity contribution in [2.24, 2.45) is 7.05 Å². The maximum atomic E-state index is 12.2. The van der Waals surface area contributed by atoms with Crippen LogP contribution in [0.15, 0.2) is 30.5 Å². The van der Waals surface area contributed by atoms with Gasteiger partial charge in [-0.2, -0.15) is 0 Å². The van der Waals surface area contributed by atoms with Crippen molar-refractivity contribution in [2.45, 2.75) is 6.92 Å². The highest BCUT2D eigenvalue weighted by molar-refractivity contribution is 6.03. The molecule has 2 N–H and O–H groups in total. The second-order valence-corrected chi connectivity index (χ2v) is 4.84. The van der Waals surface area contributed by atoms with E-state index in [-0.39, 0.29) is 24.1 Å². The Labute approximate surface area is 131 Å². The zero-order valence-electron chi connectivity index (χ0n) is 12.7. The first-order valence-electron chi connectivity index (χ1n) is 7.05. The standard InChI is InChI=1S/C15H15N5O3/c1-3-23-15(22)13-18-11(8-20(13)2)19-14(21)12-16-9-6-4-5-7-10(9)17-12/h4-8H,3H2,1-2H3,(H,16,17)(H,19,21). The summed E-state index contributed by atoms with van der Waals surface area (Å²) in [5.41, 5.74) is 1.47. The summed E-state index contributed by atoms with van der Waals surface area (Å²) in [6.45, 7) is 1.97. The minimum Gasteiger partial charge on any atom is -0.460 e. The molecular weight excluding hydrogens is 298 g/mol. The second kappa shape index (κ2) is 5.91. The monoisotopic (exact) mass is 313 g/mol. The number of nitrogens with zero attached hydrogens (tertiary/aromatic N) is 3. The Morgan fingerprint density at radius 3 is 2.83 bits per heavy atom. The Morgan fingerprint density at radius 2 is 2.09 bits per heavy atom. The number of imidazole rings is 2. The molecule has 0 saturated heterocycles. The van der Waals surface area contributed by atoms with E-state index in [0.717, 1.165) is 5.52 Å². The number of amides is 1. The number of ether oxygens (including phenoxy) is 1. The zero-order valence-corrected chi connectivity index (χ0v) is 12.7. The van der Waals surface area contributed by atoms with Gasteiger partial charge in [-0.05, 0) is 19.1 Å². The van der Waals surface area contributed by atoms with E-state index in [4.69, 9.17) is 4.74 Å². The average molecular weight is 313 g/mol. The number of hydrogen-bond donors (Lipinski definition) is 2. The molecule has 0 radical (unpaired) electrons. The van der Waals surface area contributed by atoms with Crippen molar-refractivity contribution in [2.75, 3.05) is 11.9 Å². The van der Waals surface area contributed by atoms with Crippen LogP contribution in [0.4, 0.5) is 5.82 Å². The molecule has 118 valence electrons. The van der Waals surface area contributed by atoms with Crippen molar-refractivity contribution in [3.63, 3.8) is 0 Å². The Balaban J connectivity index is 1.80. The predicted octanol–water partition coefficient (Wildman–Crippen LogP) is 1.73. The lowest BCUT2D eigenvalue weighted by Crippen LogP contribution is -2.14. The molecule has 0 atom stereocenters. The van der Waals surface area contributed by atoms with E-state index in [9.17, 15) is 9.59 Å². The molecule has 2 heterocycles. The van der Waals surface area contributed by atoms with E-state index < -0.39 is 11.9 Å². The first-order valence-corrected chi connectivity index (χ1v) is 7.05. The maximum absolute atomic E-state index is 12.2. The van der Waals surface area contributed by atoms with Gasteiger partial charge in [-0.25, -0.2) is 14.8 Å². The lowest BCUT2D eigenvalue weighted by molar-refractivity contribution is 0.0508. The zero-order chi connectivity index (χ0) is 16.4. The van der Waals surface area contributed by atoms with Gasteiger partial charge in [0.1, 0.15) is 0 Å². The fraction of sp³-hybridized carbons (Fsp3) is 0.200. The number of aromatic nitrogens is 4. The third-order valence-electron chi connectivity index (χ3n) is 3.18. The van der Waals surface area contributed by atoms with Gasteiger partial charge in [-0.3, -0.25) is 4.79 Å². The number of aromatic amines is 1. The van der Waals surface area contributed by atoms with Crippen LogP contribution in [0.25, 0.3) is 11.0 Å². The van der Waals surface area contributed by atoms with Crippen LogP contribution in [0, 0.1) is 0 Å². The van der Waals surface area contributed by atoms with E-state index in [0.29, 0.717) is 5.52 Å². The number of benzene rings is 1. The highest BCUT2D eigenvalue weighted by Gasteiger charge is 2.18. The van der Waals surface area contributed by atoms with Crippen LogP contribution < -0.4 is 5.32 Å². The number of aryl methyl sites for hydroxylation is 1. The Morgan fingerprint density at radius 1 is 1.30 bits per heavy atom. The number of para-hydroxylation sites is 2. The quantitative estimate of drug-likeness (QED) is 0.714. The normalized spacial score (nSPS) is 10.7. The van der Waals surface area contributed by atoms with Crippen LogP contribution in [0.1, 0.15) is 28.2 Å². The highest BCUT2D eigenvalue weighted by Crippen LogP contribution is 2.13. The van der Waals surface area contributed by atoms with E-state index in [2.05, 4.69) is 20.3 Å². The van der Waals surface area contributed by atoms with Crippen LogP contribution in [0.3, 0.4) is 0 Å². The minimum absolute atomic E-state index is 0.117. The fourth-order valence-electron chi connectivity index (χ4n) is 2.15. The first kappa shape index (κ1) is 14.8. The first-order chi connectivity index (χ1) is 11.1. The fourth-order valence-corrected chi connectivity index (χ4v) is 2.15. The summed E-state index contributed by atoms with van der Waals surface area (Å²) in [6.07, 6.45) is 1.53. The summed E-state index contributed by atoms with van der Waals surface area (Å²) in [7, 11) is 1.65. The average Bonchev–Trinajstić information content (AvgIpc) is 3.11. The number of esters is 1. The number of rotatable bonds is 4. The molecule has 0 saturated carbocycles. The number of carbonyl (C=O) groups is 2. The Kier molecular flexibility index (Phi) is 3.80. The topological polar surface area (TPSA) is 102 Å². The molecule has 0 aliphatic rings. The van der Waals surface area contributed by atoms with Crippen molar-refractivity contribution in [3.05, 3.63) is 42.1 Å². The van der Waals surface area contributed by atoms with Gasteiger partial charge in [-0.1, -0.05) is 12.1 Å². The van der Waals surface area contributed by atoms with Crippen LogP contribution in [-0.2, 0) is 11.8 Å². The Hall–Kier alpha value is -3.16. The molecule has 8 heteroatoms. The number of anilines is 1. The van der Waals surface area contributed by atoms with Gasteiger partial charge in [0.2, 0.25) is 5.82 Å². The third kappa shape index (κ3) is 2.91. The summed E-state index contributed by atoms with van der Waals surface area (Å²) < 4.78 is 6.39.